The summed E-state index contributed by atoms with van der Waals surface area (Å²) in [7, 11) is 0. The number of fused-ring (bicyclic) bond motifs is 5. The van der Waals surface area contributed by atoms with E-state index in [0.29, 0.717) is 35.7 Å². The topological polar surface area (TPSA) is 70.6 Å². The molecule has 2 aliphatic heterocycles. The van der Waals surface area contributed by atoms with E-state index in [1.807, 2.05) is 26.8 Å². The SMILES string of the molecule is CC(C)(C)c1cc(-c2ccccc2F)nn2cc3[n+](c12)C1(C)C(=O)NCCN1C3=O. The van der Waals surface area contributed by atoms with Crippen molar-refractivity contribution in [3.63, 3.8) is 0 Å². The molecule has 0 saturated carbocycles. The molecule has 1 saturated heterocycles. The Kier molecular flexibility index (Phi) is 3.66. The second-order valence-electron chi connectivity index (χ2n) is 9.02. The Morgan fingerprint density at radius 3 is 2.67 bits per heavy atom. The maximum absolute atomic E-state index is 14.5. The quantitative estimate of drug-likeness (QED) is 0.626. The van der Waals surface area contributed by atoms with Crippen LogP contribution in [0.3, 0.4) is 0 Å². The zero-order valence-electron chi connectivity index (χ0n) is 17.4. The number of nitrogens with one attached hydrogen (secondary N) is 1. The number of carbonyl (C=O) groups excluding carboxylic acids is 2. The molecule has 5 rings (SSSR count). The van der Waals surface area contributed by atoms with E-state index in [9.17, 15) is 14.0 Å². The van der Waals surface area contributed by atoms with Gasteiger partial charge < -0.3 is 5.32 Å². The van der Waals surface area contributed by atoms with Crippen molar-refractivity contribution in [1.29, 1.82) is 0 Å². The maximum atomic E-state index is 14.5. The predicted octanol–water partition coefficient (Wildman–Crippen LogP) is 1.98. The number of halogens is 1. The molecule has 1 unspecified atom stereocenters. The van der Waals surface area contributed by atoms with Crippen LogP contribution in [-0.2, 0) is 15.9 Å². The minimum atomic E-state index is -1.17. The van der Waals surface area contributed by atoms with E-state index in [-0.39, 0.29) is 23.0 Å². The Hall–Kier alpha value is -3.29. The van der Waals surface area contributed by atoms with Crippen molar-refractivity contribution < 1.29 is 18.5 Å². The largest absolute Gasteiger partial charge is 0.349 e. The fourth-order valence-electron chi connectivity index (χ4n) is 4.51. The molecule has 0 aliphatic carbocycles. The van der Waals surface area contributed by atoms with Crippen molar-refractivity contribution in [3.05, 3.63) is 53.6 Å². The second kappa shape index (κ2) is 5.87. The number of aromatic nitrogens is 3. The Morgan fingerprint density at radius 1 is 1.23 bits per heavy atom. The van der Waals surface area contributed by atoms with Crippen molar-refractivity contribution in [2.75, 3.05) is 13.1 Å². The third kappa shape index (κ3) is 2.30. The summed E-state index contributed by atoms with van der Waals surface area (Å²) >= 11 is 0. The summed E-state index contributed by atoms with van der Waals surface area (Å²) in [6.07, 6.45) is 1.65. The van der Waals surface area contributed by atoms with Gasteiger partial charge in [0.15, 0.2) is 6.20 Å². The first-order valence-corrected chi connectivity index (χ1v) is 9.98. The smallest absolute Gasteiger partial charge is 0.314 e. The molecule has 1 N–H and O–H groups in total. The summed E-state index contributed by atoms with van der Waals surface area (Å²) in [6.45, 7) is 8.77. The zero-order chi connectivity index (χ0) is 21.4. The highest BCUT2D eigenvalue weighted by Gasteiger charge is 2.60. The van der Waals surface area contributed by atoms with Crippen molar-refractivity contribution >= 4 is 17.5 Å². The lowest BCUT2D eigenvalue weighted by Gasteiger charge is -2.35. The molecule has 1 atom stereocenters. The molecule has 1 aromatic carbocycles. The minimum Gasteiger partial charge on any atom is -0.349 e. The molecule has 4 heterocycles. The van der Waals surface area contributed by atoms with E-state index < -0.39 is 5.66 Å². The number of imidazole rings is 1. The van der Waals surface area contributed by atoms with Crippen molar-refractivity contribution in [1.82, 2.24) is 19.8 Å². The lowest BCUT2D eigenvalue weighted by atomic mass is 9.87. The van der Waals surface area contributed by atoms with Gasteiger partial charge in [-0.3, -0.25) is 14.5 Å². The van der Waals surface area contributed by atoms with Gasteiger partial charge in [0.2, 0.25) is 5.69 Å². The Bertz CT molecular complexity index is 1240. The fraction of sp³-hybridized carbons (Fsp3) is 0.364. The van der Waals surface area contributed by atoms with E-state index in [2.05, 4.69) is 10.4 Å². The number of carbonyl (C=O) groups is 2. The van der Waals surface area contributed by atoms with Crippen molar-refractivity contribution in [3.8, 4) is 11.3 Å². The molecule has 8 heteroatoms. The van der Waals surface area contributed by atoms with Crippen LogP contribution >= 0.6 is 0 Å². The van der Waals surface area contributed by atoms with Gasteiger partial charge in [0.05, 0.1) is 5.56 Å². The molecule has 30 heavy (non-hydrogen) atoms. The molecule has 7 nitrogen and oxygen atoms in total. The van der Waals surface area contributed by atoms with Gasteiger partial charge in [0.1, 0.15) is 11.5 Å². The number of hydrogen-bond donors (Lipinski definition) is 1. The van der Waals surface area contributed by atoms with E-state index in [0.717, 1.165) is 5.56 Å². The van der Waals surface area contributed by atoms with Crippen LogP contribution in [0.1, 0.15) is 43.7 Å². The van der Waals surface area contributed by atoms with Crippen LogP contribution in [0, 0.1) is 5.82 Å². The molecule has 0 bridgehead atoms. The summed E-state index contributed by atoms with van der Waals surface area (Å²) in [5.41, 5.74) is 1.28. The van der Waals surface area contributed by atoms with Gasteiger partial charge in [-0.1, -0.05) is 42.5 Å². The molecule has 0 radical (unpaired) electrons. The summed E-state index contributed by atoms with van der Waals surface area (Å²) in [5.74, 6) is -0.792. The Balaban J connectivity index is 1.87. The van der Waals surface area contributed by atoms with E-state index in [4.69, 9.17) is 0 Å². The average molecular weight is 408 g/mol. The van der Waals surface area contributed by atoms with Crippen molar-refractivity contribution in [2.45, 2.75) is 38.8 Å². The normalized spacial score (nSPS) is 21.0. The molecule has 0 spiro atoms. The zero-order valence-corrected chi connectivity index (χ0v) is 17.4. The number of hydrogen-bond acceptors (Lipinski definition) is 3. The number of benzene rings is 1. The standard InChI is InChI=1S/C22H22FN5O2/c1-21(2,3)14-11-16(13-7-5-6-8-15(13)23)25-27-12-17-19(29)26-10-9-24-20(30)22(26,4)28(17)18(14)27/h5-8,11-12H,9-10H2,1-4H3/p+1. The van der Waals surface area contributed by atoms with E-state index in [1.165, 1.54) is 6.07 Å². The van der Waals surface area contributed by atoms with Crippen LogP contribution in [0.15, 0.2) is 36.5 Å². The molecular formula is C22H23FN5O2+. The molecule has 3 aromatic rings. The highest BCUT2D eigenvalue weighted by Crippen LogP contribution is 2.35. The highest BCUT2D eigenvalue weighted by molar-refractivity contribution is 5.99. The Labute approximate surface area is 173 Å². The summed E-state index contributed by atoms with van der Waals surface area (Å²) in [6, 6.07) is 8.34. The third-order valence-corrected chi connectivity index (χ3v) is 6.09. The van der Waals surface area contributed by atoms with Gasteiger partial charge in [0.25, 0.3) is 11.6 Å². The number of piperazine rings is 1. The minimum absolute atomic E-state index is 0.204. The molecular weight excluding hydrogens is 385 g/mol. The summed E-state index contributed by atoms with van der Waals surface area (Å²) in [4.78, 5) is 27.7. The first-order valence-electron chi connectivity index (χ1n) is 9.98. The van der Waals surface area contributed by atoms with E-state index >= 15 is 0 Å². The van der Waals surface area contributed by atoms with Crippen LogP contribution in [0.25, 0.3) is 16.9 Å². The van der Waals surface area contributed by atoms with Crippen molar-refractivity contribution in [2.24, 2.45) is 0 Å². The van der Waals surface area contributed by atoms with Crippen LogP contribution in [-0.4, -0.2) is 39.4 Å². The molecule has 2 aliphatic rings. The monoisotopic (exact) mass is 408 g/mol. The maximum Gasteiger partial charge on any atom is 0.314 e. The molecule has 2 amide bonds. The fourth-order valence-corrected chi connectivity index (χ4v) is 4.51. The van der Waals surface area contributed by atoms with Gasteiger partial charge in [-0.05, 0) is 23.6 Å². The second-order valence-corrected chi connectivity index (χ2v) is 9.02. The third-order valence-electron chi connectivity index (χ3n) is 6.09. The summed E-state index contributed by atoms with van der Waals surface area (Å²) in [5, 5.41) is 7.51. The number of rotatable bonds is 1. The van der Waals surface area contributed by atoms with Gasteiger partial charge in [0, 0.05) is 25.6 Å². The van der Waals surface area contributed by atoms with Crippen LogP contribution in [0.2, 0.25) is 0 Å². The van der Waals surface area contributed by atoms with Crippen LogP contribution in [0.5, 0.6) is 0 Å². The van der Waals surface area contributed by atoms with E-state index in [1.54, 1.807) is 45.3 Å². The summed E-state index contributed by atoms with van der Waals surface area (Å²) < 4.78 is 17.9. The van der Waals surface area contributed by atoms with Gasteiger partial charge >= 0.3 is 11.6 Å². The highest BCUT2D eigenvalue weighted by atomic mass is 19.1. The van der Waals surface area contributed by atoms with Crippen LogP contribution < -0.4 is 9.88 Å². The molecule has 2 aromatic heterocycles. The lowest BCUT2D eigenvalue weighted by Crippen LogP contribution is -2.71. The Morgan fingerprint density at radius 2 is 1.97 bits per heavy atom. The lowest BCUT2D eigenvalue weighted by molar-refractivity contribution is -0.732. The average Bonchev–Trinajstić information content (AvgIpc) is 3.17. The predicted molar refractivity (Wildman–Crippen MR) is 107 cm³/mol. The van der Waals surface area contributed by atoms with Gasteiger partial charge in [-0.15, -0.1) is 0 Å². The molecule has 1 fully saturated rings. The molecule has 154 valence electrons. The first kappa shape index (κ1) is 18.7. The van der Waals surface area contributed by atoms with Crippen LogP contribution in [0.4, 0.5) is 4.39 Å². The van der Waals surface area contributed by atoms with Gasteiger partial charge in [-0.2, -0.15) is 4.57 Å². The number of nitrogens with zero attached hydrogens (tertiary/aromatic N) is 4. The first-order chi connectivity index (χ1) is 14.1. The van der Waals surface area contributed by atoms with Gasteiger partial charge in [-0.25, -0.2) is 4.39 Å². The number of amides is 2.